The summed E-state index contributed by atoms with van der Waals surface area (Å²) in [6.45, 7) is 2.16. The van der Waals surface area contributed by atoms with E-state index >= 15 is 0 Å². The van der Waals surface area contributed by atoms with E-state index in [1.807, 2.05) is 6.08 Å². The number of carbonyl (C=O) groups excluding carboxylic acids is 2. The van der Waals surface area contributed by atoms with Crippen molar-refractivity contribution in [3.63, 3.8) is 0 Å². The maximum Gasteiger partial charge on any atom is 0.300 e. The zero-order chi connectivity index (χ0) is 14.1. The Hall–Kier alpha value is -2.34. The number of carbonyl (C=O) groups is 2. The van der Waals surface area contributed by atoms with Gasteiger partial charge in [-0.1, -0.05) is 6.07 Å². The Morgan fingerprint density at radius 2 is 2.20 bits per heavy atom. The van der Waals surface area contributed by atoms with E-state index < -0.39 is 11.7 Å². The number of rotatable bonds is 2. The molecule has 0 radical (unpaired) electrons. The van der Waals surface area contributed by atoms with Gasteiger partial charge in [-0.05, 0) is 36.7 Å². The van der Waals surface area contributed by atoms with Gasteiger partial charge in [0.15, 0.2) is 0 Å². The zero-order valence-corrected chi connectivity index (χ0v) is 11.6. The third-order valence-corrected chi connectivity index (χ3v) is 3.78. The molecule has 1 amide bonds. The van der Waals surface area contributed by atoms with Crippen molar-refractivity contribution in [3.05, 3.63) is 45.5 Å². The Labute approximate surface area is 119 Å². The molecule has 0 aliphatic carbocycles. The van der Waals surface area contributed by atoms with Gasteiger partial charge in [-0.25, -0.2) is 4.98 Å². The van der Waals surface area contributed by atoms with E-state index in [0.717, 1.165) is 9.75 Å². The SMILES string of the molecule is Cc1cccc(C(=O)C(=O)N2C=c3cnsc3=CC2)n1. The van der Waals surface area contributed by atoms with Crippen molar-refractivity contribution in [2.24, 2.45) is 0 Å². The molecule has 0 N–H and O–H groups in total. The second-order valence-electron chi connectivity index (χ2n) is 4.43. The van der Waals surface area contributed by atoms with Gasteiger partial charge in [0.2, 0.25) is 0 Å². The van der Waals surface area contributed by atoms with Crippen molar-refractivity contribution in [2.45, 2.75) is 6.92 Å². The van der Waals surface area contributed by atoms with Gasteiger partial charge in [0.1, 0.15) is 5.69 Å². The molecule has 0 spiro atoms. The van der Waals surface area contributed by atoms with Crippen LogP contribution in [0.4, 0.5) is 0 Å². The second-order valence-corrected chi connectivity index (χ2v) is 5.26. The smallest absolute Gasteiger partial charge is 0.300 e. The van der Waals surface area contributed by atoms with E-state index in [1.165, 1.54) is 16.4 Å². The number of pyridine rings is 1. The fourth-order valence-corrected chi connectivity index (χ4v) is 2.60. The number of ketones is 1. The van der Waals surface area contributed by atoms with Crippen LogP contribution in [0.15, 0.2) is 24.4 Å². The van der Waals surface area contributed by atoms with E-state index in [-0.39, 0.29) is 5.69 Å². The van der Waals surface area contributed by atoms with Gasteiger partial charge in [0, 0.05) is 29.9 Å². The molecule has 0 aromatic carbocycles. The number of amides is 1. The summed E-state index contributed by atoms with van der Waals surface area (Å²) in [6, 6.07) is 5.06. The second kappa shape index (κ2) is 4.97. The highest BCUT2D eigenvalue weighted by molar-refractivity contribution is 7.03. The van der Waals surface area contributed by atoms with Crippen LogP contribution in [-0.4, -0.2) is 32.5 Å². The Bertz CT molecular complexity index is 810. The van der Waals surface area contributed by atoms with Crippen LogP contribution in [0.25, 0.3) is 12.3 Å². The summed E-state index contributed by atoms with van der Waals surface area (Å²) in [4.78, 5) is 29.8. The number of aryl methyl sites for hydroxylation is 1. The predicted octanol–water partition coefficient (Wildman–Crippen LogP) is 0.0901. The van der Waals surface area contributed by atoms with Gasteiger partial charge in [-0.2, -0.15) is 4.37 Å². The third-order valence-electron chi connectivity index (χ3n) is 2.97. The minimum Gasteiger partial charge on any atom is -0.308 e. The molecular weight excluding hydrogens is 274 g/mol. The molecule has 20 heavy (non-hydrogen) atoms. The van der Waals surface area contributed by atoms with Crippen molar-refractivity contribution in [3.8, 4) is 0 Å². The summed E-state index contributed by atoms with van der Waals surface area (Å²) < 4.78 is 5.08. The molecule has 5 nitrogen and oxygen atoms in total. The van der Waals surface area contributed by atoms with Gasteiger partial charge in [0.05, 0.1) is 4.53 Å². The number of hydrogen-bond donors (Lipinski definition) is 0. The molecule has 0 bridgehead atoms. The summed E-state index contributed by atoms with van der Waals surface area (Å²) in [5.74, 6) is -1.17. The molecule has 3 rings (SSSR count). The maximum atomic E-state index is 12.2. The quantitative estimate of drug-likeness (QED) is 0.579. The molecule has 1 aliphatic rings. The van der Waals surface area contributed by atoms with E-state index in [4.69, 9.17) is 0 Å². The minimum atomic E-state index is -0.593. The van der Waals surface area contributed by atoms with E-state index in [0.29, 0.717) is 12.2 Å². The lowest BCUT2D eigenvalue weighted by Gasteiger charge is -2.16. The molecular formula is C14H11N3O2S. The lowest BCUT2D eigenvalue weighted by molar-refractivity contribution is -0.122. The highest BCUT2D eigenvalue weighted by Crippen LogP contribution is 2.04. The Balaban J connectivity index is 1.89. The average molecular weight is 285 g/mol. The van der Waals surface area contributed by atoms with Crippen LogP contribution in [0.1, 0.15) is 16.2 Å². The first-order valence-corrected chi connectivity index (χ1v) is 6.84. The van der Waals surface area contributed by atoms with Crippen molar-refractivity contribution in [2.75, 3.05) is 6.54 Å². The monoisotopic (exact) mass is 285 g/mol. The van der Waals surface area contributed by atoms with E-state index in [9.17, 15) is 9.59 Å². The molecule has 0 fully saturated rings. The molecule has 2 aromatic rings. The van der Waals surface area contributed by atoms with Gasteiger partial charge in [-0.15, -0.1) is 0 Å². The number of fused-ring (bicyclic) bond motifs is 1. The van der Waals surface area contributed by atoms with Crippen LogP contribution < -0.4 is 9.75 Å². The van der Waals surface area contributed by atoms with Crippen molar-refractivity contribution < 1.29 is 9.59 Å². The minimum absolute atomic E-state index is 0.178. The summed E-state index contributed by atoms with van der Waals surface area (Å²) in [5.41, 5.74) is 0.889. The molecule has 0 saturated heterocycles. The van der Waals surface area contributed by atoms with Crippen LogP contribution in [0.2, 0.25) is 0 Å². The van der Waals surface area contributed by atoms with E-state index in [2.05, 4.69) is 9.36 Å². The summed E-state index contributed by atoms with van der Waals surface area (Å²) in [6.07, 6.45) is 5.24. The molecule has 0 atom stereocenters. The molecule has 6 heteroatoms. The molecule has 100 valence electrons. The van der Waals surface area contributed by atoms with Crippen molar-refractivity contribution >= 4 is 35.5 Å². The van der Waals surface area contributed by atoms with Crippen LogP contribution in [0.3, 0.4) is 0 Å². The van der Waals surface area contributed by atoms with Crippen LogP contribution in [0.5, 0.6) is 0 Å². The third kappa shape index (κ3) is 2.25. The first kappa shape index (κ1) is 12.7. The van der Waals surface area contributed by atoms with Crippen LogP contribution in [-0.2, 0) is 4.79 Å². The first-order valence-electron chi connectivity index (χ1n) is 6.07. The highest BCUT2D eigenvalue weighted by atomic mass is 32.1. The first-order chi connectivity index (χ1) is 9.65. The molecule has 0 saturated carbocycles. The van der Waals surface area contributed by atoms with Crippen LogP contribution >= 0.6 is 11.5 Å². The Kier molecular flexibility index (Phi) is 3.15. The van der Waals surface area contributed by atoms with Crippen molar-refractivity contribution in [1.29, 1.82) is 0 Å². The standard InChI is InChI=1S/C14H11N3O2S/c1-9-3-2-4-11(16-9)13(18)14(19)17-6-5-12-10(8-17)7-15-20-12/h2-5,7-8H,6H2,1H3. The summed E-state index contributed by atoms with van der Waals surface area (Å²) in [7, 11) is 0. The van der Waals surface area contributed by atoms with Gasteiger partial charge >= 0.3 is 5.91 Å². The normalized spacial score (nSPS) is 13.2. The number of nitrogens with zero attached hydrogens (tertiary/aromatic N) is 3. The molecule has 0 unspecified atom stereocenters. The Morgan fingerprint density at radius 3 is 3.00 bits per heavy atom. The summed E-state index contributed by atoms with van der Waals surface area (Å²) in [5, 5.41) is 0.861. The topological polar surface area (TPSA) is 63.2 Å². The lowest BCUT2D eigenvalue weighted by atomic mass is 10.2. The average Bonchev–Trinajstić information content (AvgIpc) is 2.93. The number of hydrogen-bond acceptors (Lipinski definition) is 5. The molecule has 1 aliphatic heterocycles. The lowest BCUT2D eigenvalue weighted by Crippen LogP contribution is -2.39. The Morgan fingerprint density at radius 1 is 1.35 bits per heavy atom. The van der Waals surface area contributed by atoms with Gasteiger partial charge < -0.3 is 4.90 Å². The fraction of sp³-hybridized carbons (Fsp3) is 0.143. The van der Waals surface area contributed by atoms with Crippen molar-refractivity contribution in [1.82, 2.24) is 14.3 Å². The largest absolute Gasteiger partial charge is 0.308 e. The molecule has 2 aromatic heterocycles. The number of aromatic nitrogens is 2. The fourth-order valence-electron chi connectivity index (χ4n) is 1.96. The van der Waals surface area contributed by atoms with Crippen LogP contribution in [0, 0.1) is 6.92 Å². The summed E-state index contributed by atoms with van der Waals surface area (Å²) >= 11 is 1.37. The highest BCUT2D eigenvalue weighted by Gasteiger charge is 2.23. The maximum absolute atomic E-state index is 12.2. The zero-order valence-electron chi connectivity index (χ0n) is 10.7. The van der Waals surface area contributed by atoms with E-state index in [1.54, 1.807) is 37.5 Å². The predicted molar refractivity (Wildman–Crippen MR) is 75.3 cm³/mol. The number of Topliss-reactive ketones (excluding diaryl/α,β-unsaturated/α-hetero) is 1. The van der Waals surface area contributed by atoms with Gasteiger partial charge in [0.25, 0.3) is 5.78 Å². The molecule has 3 heterocycles. The van der Waals surface area contributed by atoms with Gasteiger partial charge in [-0.3, -0.25) is 9.59 Å².